The van der Waals surface area contributed by atoms with Gasteiger partial charge in [0.15, 0.2) is 0 Å². The first-order valence-electron chi connectivity index (χ1n) is 2.74. The minimum absolute atomic E-state index is 0.648. The van der Waals surface area contributed by atoms with Gasteiger partial charge in [-0.15, -0.1) is 0 Å². The van der Waals surface area contributed by atoms with Gasteiger partial charge in [-0.2, -0.15) is 13.2 Å². The van der Waals surface area contributed by atoms with Gasteiger partial charge >= 0.3 is 6.18 Å². The van der Waals surface area contributed by atoms with Crippen molar-refractivity contribution in [2.45, 2.75) is 6.18 Å². The van der Waals surface area contributed by atoms with Crippen LogP contribution in [-0.4, -0.2) is 0 Å². The Kier molecular flexibility index (Phi) is 1.85. The minimum atomic E-state index is -4.44. The van der Waals surface area contributed by atoms with Crippen LogP contribution in [0.5, 0.6) is 0 Å². The third kappa shape index (κ3) is 1.93. The molecule has 1 rings (SSSR count). The molecule has 0 saturated carbocycles. The molecule has 0 nitrogen and oxygen atoms in total. The van der Waals surface area contributed by atoms with E-state index in [-0.39, 0.29) is 0 Å². The van der Waals surface area contributed by atoms with Gasteiger partial charge in [0.25, 0.3) is 0 Å². The Hall–Kier alpha value is -1.06. The summed E-state index contributed by atoms with van der Waals surface area (Å²) in [7, 11) is 0. The summed E-state index contributed by atoms with van der Waals surface area (Å²) in [5.74, 6) is -0.724. The molecule has 0 aliphatic rings. The van der Waals surface area contributed by atoms with Gasteiger partial charge < -0.3 is 0 Å². The quantitative estimate of drug-likeness (QED) is 0.515. The highest BCUT2D eigenvalue weighted by Crippen LogP contribution is 2.28. The van der Waals surface area contributed by atoms with Gasteiger partial charge in [-0.1, -0.05) is 0 Å². The second-order valence-corrected chi connectivity index (χ2v) is 1.92. The normalized spacial score (nSPS) is 11.6. The Balaban J connectivity index is 2.99. The van der Waals surface area contributed by atoms with Crippen LogP contribution in [0, 0.1) is 11.9 Å². The lowest BCUT2D eigenvalue weighted by molar-refractivity contribution is -0.137. The summed E-state index contributed by atoms with van der Waals surface area (Å²) in [4.78, 5) is 0. The number of rotatable bonds is 0. The highest BCUT2D eigenvalue weighted by Gasteiger charge is 2.30. The van der Waals surface area contributed by atoms with Gasteiger partial charge in [-0.3, -0.25) is 0 Å². The van der Waals surface area contributed by atoms with Crippen LogP contribution < -0.4 is 0 Å². The van der Waals surface area contributed by atoms with Crippen LogP contribution in [0.3, 0.4) is 0 Å². The van der Waals surface area contributed by atoms with Crippen molar-refractivity contribution in [1.82, 2.24) is 0 Å². The van der Waals surface area contributed by atoms with E-state index >= 15 is 0 Å². The predicted octanol–water partition coefficient (Wildman–Crippen LogP) is 2.64. The lowest BCUT2D eigenvalue weighted by Gasteiger charge is -2.03. The number of benzene rings is 1. The first-order chi connectivity index (χ1) is 5.00. The third-order valence-corrected chi connectivity index (χ3v) is 1.08. The molecule has 0 saturated heterocycles. The van der Waals surface area contributed by atoms with E-state index in [0.29, 0.717) is 12.1 Å². The summed E-state index contributed by atoms with van der Waals surface area (Å²) in [6.45, 7) is 0. The molecular formula is C7H3F4. The molecule has 0 heterocycles. The third-order valence-electron chi connectivity index (χ3n) is 1.08. The van der Waals surface area contributed by atoms with Crippen LogP contribution in [-0.2, 0) is 6.18 Å². The van der Waals surface area contributed by atoms with E-state index in [1.54, 1.807) is 6.07 Å². The first-order valence-corrected chi connectivity index (χ1v) is 2.74. The lowest BCUT2D eigenvalue weighted by Crippen LogP contribution is -2.04. The summed E-state index contributed by atoms with van der Waals surface area (Å²) in [5.41, 5.74) is -0.959. The van der Waals surface area contributed by atoms with Crippen LogP contribution in [0.15, 0.2) is 18.2 Å². The lowest BCUT2D eigenvalue weighted by atomic mass is 10.2. The molecule has 0 spiro atoms. The predicted molar refractivity (Wildman–Crippen MR) is 30.2 cm³/mol. The first kappa shape index (κ1) is 8.04. The van der Waals surface area contributed by atoms with E-state index < -0.39 is 17.6 Å². The molecule has 0 amide bonds. The van der Waals surface area contributed by atoms with Gasteiger partial charge in [0.1, 0.15) is 5.82 Å². The molecule has 0 N–H and O–H groups in total. The molecule has 0 atom stereocenters. The molecule has 11 heavy (non-hydrogen) atoms. The van der Waals surface area contributed by atoms with Crippen LogP contribution in [0.2, 0.25) is 0 Å². The van der Waals surface area contributed by atoms with Gasteiger partial charge in [-0.05, 0) is 24.3 Å². The Bertz CT molecular complexity index is 234. The van der Waals surface area contributed by atoms with E-state index in [2.05, 4.69) is 0 Å². The topological polar surface area (TPSA) is 0 Å². The molecule has 0 bridgehead atoms. The summed E-state index contributed by atoms with van der Waals surface area (Å²) < 4.78 is 47.4. The van der Waals surface area contributed by atoms with Crippen molar-refractivity contribution in [2.24, 2.45) is 0 Å². The molecule has 1 radical (unpaired) electrons. The smallest absolute Gasteiger partial charge is 0.207 e. The average Bonchev–Trinajstić information content (AvgIpc) is 1.86. The van der Waals surface area contributed by atoms with Gasteiger partial charge in [0.05, 0.1) is 5.56 Å². The molecule has 1 aromatic rings. The SMILES string of the molecule is Fc1c[c]c(C(F)(F)F)cc1. The van der Waals surface area contributed by atoms with Crippen LogP contribution >= 0.6 is 0 Å². The zero-order valence-corrected chi connectivity index (χ0v) is 5.24. The Morgan fingerprint density at radius 3 is 2.18 bits per heavy atom. The molecule has 4 heteroatoms. The summed E-state index contributed by atoms with van der Waals surface area (Å²) in [5, 5.41) is 0. The summed E-state index contributed by atoms with van der Waals surface area (Å²) in [6.07, 6.45) is -4.44. The number of halogens is 4. The van der Waals surface area contributed by atoms with Crippen molar-refractivity contribution in [2.75, 3.05) is 0 Å². The molecule has 0 unspecified atom stereocenters. The zero-order chi connectivity index (χ0) is 8.48. The monoisotopic (exact) mass is 163 g/mol. The van der Waals surface area contributed by atoms with Crippen molar-refractivity contribution in [3.63, 3.8) is 0 Å². The maximum atomic E-state index is 12.1. The molecular weight excluding hydrogens is 160 g/mol. The largest absolute Gasteiger partial charge is 0.417 e. The average molecular weight is 163 g/mol. The second kappa shape index (κ2) is 2.53. The summed E-state index contributed by atoms with van der Waals surface area (Å²) >= 11 is 0. The molecule has 1 aromatic carbocycles. The maximum absolute atomic E-state index is 12.1. The highest BCUT2D eigenvalue weighted by atomic mass is 19.4. The fourth-order valence-corrected chi connectivity index (χ4v) is 0.582. The van der Waals surface area contributed by atoms with E-state index in [1.165, 1.54) is 0 Å². The van der Waals surface area contributed by atoms with Gasteiger partial charge in [0, 0.05) is 0 Å². The fraction of sp³-hybridized carbons (Fsp3) is 0.143. The standard InChI is InChI=1S/C7H3F4/c8-6-3-1-5(2-4-6)7(9,10)11/h1,3-4H. The Morgan fingerprint density at radius 1 is 1.18 bits per heavy atom. The van der Waals surface area contributed by atoms with Crippen LogP contribution in [0.4, 0.5) is 17.6 Å². The van der Waals surface area contributed by atoms with Gasteiger partial charge in [0.2, 0.25) is 0 Å². The molecule has 0 aliphatic heterocycles. The molecule has 0 aromatic heterocycles. The van der Waals surface area contributed by atoms with Gasteiger partial charge in [-0.25, -0.2) is 4.39 Å². The fourth-order valence-electron chi connectivity index (χ4n) is 0.582. The van der Waals surface area contributed by atoms with Crippen LogP contribution in [0.25, 0.3) is 0 Å². The number of hydrogen-bond donors (Lipinski definition) is 0. The van der Waals surface area contributed by atoms with Crippen molar-refractivity contribution in [1.29, 1.82) is 0 Å². The van der Waals surface area contributed by atoms with Crippen molar-refractivity contribution < 1.29 is 17.6 Å². The Labute approximate surface area is 60.5 Å². The maximum Gasteiger partial charge on any atom is 0.417 e. The van der Waals surface area contributed by atoms with Crippen LogP contribution in [0.1, 0.15) is 5.56 Å². The van der Waals surface area contributed by atoms with Crippen molar-refractivity contribution in [3.05, 3.63) is 35.6 Å². The number of hydrogen-bond acceptors (Lipinski definition) is 0. The van der Waals surface area contributed by atoms with Crippen molar-refractivity contribution >= 4 is 0 Å². The molecule has 59 valence electrons. The van der Waals surface area contributed by atoms with Crippen molar-refractivity contribution in [3.8, 4) is 0 Å². The second-order valence-electron chi connectivity index (χ2n) is 1.92. The van der Waals surface area contributed by atoms with E-state index in [1.807, 2.05) is 0 Å². The zero-order valence-electron chi connectivity index (χ0n) is 5.24. The number of alkyl halides is 3. The molecule has 0 fully saturated rings. The van der Waals surface area contributed by atoms with E-state index in [4.69, 9.17) is 0 Å². The van der Waals surface area contributed by atoms with E-state index in [0.717, 1.165) is 6.07 Å². The van der Waals surface area contributed by atoms with E-state index in [9.17, 15) is 17.6 Å². The Morgan fingerprint density at radius 2 is 1.82 bits per heavy atom. The highest BCUT2D eigenvalue weighted by molar-refractivity contribution is 5.17. The summed E-state index contributed by atoms with van der Waals surface area (Å²) in [6, 6.07) is 3.83. The minimum Gasteiger partial charge on any atom is -0.207 e. The molecule has 0 aliphatic carbocycles.